The van der Waals surface area contributed by atoms with E-state index in [0.717, 1.165) is 10.6 Å². The van der Waals surface area contributed by atoms with E-state index >= 15 is 0 Å². The van der Waals surface area contributed by atoms with E-state index in [1.807, 2.05) is 39.1 Å². The van der Waals surface area contributed by atoms with Crippen molar-refractivity contribution < 1.29 is 9.32 Å². The quantitative estimate of drug-likeness (QED) is 0.787. The van der Waals surface area contributed by atoms with Crippen LogP contribution in [0, 0.1) is 13.8 Å². The molecule has 23 heavy (non-hydrogen) atoms. The minimum atomic E-state index is -0.126. The van der Waals surface area contributed by atoms with Crippen LogP contribution in [0.2, 0.25) is 0 Å². The molecule has 5 nitrogen and oxygen atoms in total. The predicted octanol–water partition coefficient (Wildman–Crippen LogP) is 3.95. The normalized spacial score (nSPS) is 11.3. The Morgan fingerprint density at radius 2 is 2.17 bits per heavy atom. The molecule has 0 radical (unpaired) electrons. The van der Waals surface area contributed by atoms with Crippen LogP contribution in [0.3, 0.4) is 0 Å². The molecule has 120 valence electrons. The number of nitrogens with zero attached hydrogens (tertiary/aromatic N) is 2. The van der Waals surface area contributed by atoms with Crippen molar-refractivity contribution in [3.05, 3.63) is 44.9 Å². The van der Waals surface area contributed by atoms with Gasteiger partial charge >= 0.3 is 0 Å². The second-order valence-electron chi connectivity index (χ2n) is 5.91. The Hall–Kier alpha value is -2.21. The SMILES string of the molecule is Cc1ccsc1CNC(=O)c1cc(C(C)C)nc2onc(C)c12. The Kier molecular flexibility index (Phi) is 4.17. The number of pyridine rings is 1. The van der Waals surface area contributed by atoms with Gasteiger partial charge in [-0.1, -0.05) is 19.0 Å². The summed E-state index contributed by atoms with van der Waals surface area (Å²) in [5.74, 6) is 0.0781. The first-order chi connectivity index (χ1) is 11.0. The minimum Gasteiger partial charge on any atom is -0.347 e. The molecule has 3 aromatic rings. The highest BCUT2D eigenvalue weighted by molar-refractivity contribution is 7.10. The third-order valence-electron chi connectivity index (χ3n) is 3.85. The van der Waals surface area contributed by atoms with Crippen LogP contribution in [0.25, 0.3) is 11.1 Å². The van der Waals surface area contributed by atoms with Gasteiger partial charge in [-0.15, -0.1) is 11.3 Å². The topological polar surface area (TPSA) is 68.0 Å². The van der Waals surface area contributed by atoms with Crippen LogP contribution in [0.5, 0.6) is 0 Å². The summed E-state index contributed by atoms with van der Waals surface area (Å²) in [7, 11) is 0. The Morgan fingerprint density at radius 1 is 1.39 bits per heavy atom. The van der Waals surface area contributed by atoms with Crippen LogP contribution < -0.4 is 5.32 Å². The third kappa shape index (κ3) is 2.99. The van der Waals surface area contributed by atoms with Gasteiger partial charge in [0, 0.05) is 10.6 Å². The number of carbonyl (C=O) groups is 1. The lowest BCUT2D eigenvalue weighted by Crippen LogP contribution is -2.23. The monoisotopic (exact) mass is 329 g/mol. The van der Waals surface area contributed by atoms with Crippen molar-refractivity contribution in [3.63, 3.8) is 0 Å². The molecular weight excluding hydrogens is 310 g/mol. The first-order valence-corrected chi connectivity index (χ1v) is 8.43. The highest BCUT2D eigenvalue weighted by Gasteiger charge is 2.19. The number of hydrogen-bond acceptors (Lipinski definition) is 5. The van der Waals surface area contributed by atoms with Crippen molar-refractivity contribution >= 4 is 28.3 Å². The Bertz CT molecular complexity index is 864. The summed E-state index contributed by atoms with van der Waals surface area (Å²) in [6, 6.07) is 3.89. The molecule has 0 saturated heterocycles. The van der Waals surface area contributed by atoms with Crippen LogP contribution in [-0.2, 0) is 6.54 Å². The number of nitrogens with one attached hydrogen (secondary N) is 1. The van der Waals surface area contributed by atoms with Crippen molar-refractivity contribution in [1.29, 1.82) is 0 Å². The lowest BCUT2D eigenvalue weighted by molar-refractivity contribution is 0.0952. The van der Waals surface area contributed by atoms with Gasteiger partial charge in [-0.3, -0.25) is 4.79 Å². The third-order valence-corrected chi connectivity index (χ3v) is 4.87. The molecule has 0 atom stereocenters. The zero-order chi connectivity index (χ0) is 16.6. The zero-order valence-corrected chi connectivity index (χ0v) is 14.5. The molecule has 1 amide bonds. The summed E-state index contributed by atoms with van der Waals surface area (Å²) in [6.07, 6.45) is 0. The lowest BCUT2D eigenvalue weighted by atomic mass is 10.0. The van der Waals surface area contributed by atoms with E-state index in [0.29, 0.717) is 28.9 Å². The van der Waals surface area contributed by atoms with Crippen molar-refractivity contribution in [2.24, 2.45) is 0 Å². The van der Waals surface area contributed by atoms with Gasteiger partial charge in [0.1, 0.15) is 0 Å². The largest absolute Gasteiger partial charge is 0.347 e. The fraction of sp³-hybridized carbons (Fsp3) is 0.353. The number of aryl methyl sites for hydroxylation is 2. The highest BCUT2D eigenvalue weighted by atomic mass is 32.1. The average Bonchev–Trinajstić information content (AvgIpc) is 3.10. The molecule has 0 aliphatic heterocycles. The first kappa shape index (κ1) is 15.7. The molecule has 0 aliphatic rings. The second kappa shape index (κ2) is 6.12. The molecule has 1 N–H and O–H groups in total. The number of hydrogen-bond donors (Lipinski definition) is 1. The van der Waals surface area contributed by atoms with Crippen molar-refractivity contribution in [1.82, 2.24) is 15.5 Å². The van der Waals surface area contributed by atoms with E-state index in [2.05, 4.69) is 21.5 Å². The molecule has 0 unspecified atom stereocenters. The molecule has 0 aliphatic carbocycles. The summed E-state index contributed by atoms with van der Waals surface area (Å²) in [4.78, 5) is 18.3. The molecule has 0 aromatic carbocycles. The van der Waals surface area contributed by atoms with Gasteiger partial charge in [0.25, 0.3) is 11.6 Å². The molecule has 3 heterocycles. The maximum atomic E-state index is 12.7. The Balaban J connectivity index is 1.95. The molecular formula is C17H19N3O2S. The van der Waals surface area contributed by atoms with Gasteiger partial charge < -0.3 is 9.84 Å². The average molecular weight is 329 g/mol. The molecule has 0 fully saturated rings. The Morgan fingerprint density at radius 3 is 2.83 bits per heavy atom. The molecule has 0 bridgehead atoms. The first-order valence-electron chi connectivity index (χ1n) is 7.55. The van der Waals surface area contributed by atoms with Crippen molar-refractivity contribution in [3.8, 4) is 0 Å². The number of fused-ring (bicyclic) bond motifs is 1. The van der Waals surface area contributed by atoms with Crippen LogP contribution in [-0.4, -0.2) is 16.0 Å². The summed E-state index contributed by atoms with van der Waals surface area (Å²) in [5.41, 5.74) is 3.70. The fourth-order valence-corrected chi connectivity index (χ4v) is 3.28. The van der Waals surface area contributed by atoms with Gasteiger partial charge in [-0.05, 0) is 42.8 Å². The summed E-state index contributed by atoms with van der Waals surface area (Å²) < 4.78 is 5.26. The maximum absolute atomic E-state index is 12.7. The van der Waals surface area contributed by atoms with Gasteiger partial charge in [0.2, 0.25) is 0 Å². The molecule has 0 saturated carbocycles. The summed E-state index contributed by atoms with van der Waals surface area (Å²) in [6.45, 7) is 8.46. The van der Waals surface area contributed by atoms with Crippen LogP contribution in [0.15, 0.2) is 22.0 Å². The predicted molar refractivity (Wildman–Crippen MR) is 90.9 cm³/mol. The summed E-state index contributed by atoms with van der Waals surface area (Å²) >= 11 is 1.65. The van der Waals surface area contributed by atoms with Gasteiger partial charge in [0.05, 0.1) is 23.2 Å². The molecule has 0 spiro atoms. The van der Waals surface area contributed by atoms with Gasteiger partial charge in [-0.2, -0.15) is 0 Å². The fourth-order valence-electron chi connectivity index (χ4n) is 2.43. The van der Waals surface area contributed by atoms with Crippen LogP contribution in [0.1, 0.15) is 52.0 Å². The molecule has 3 rings (SSSR count). The van der Waals surface area contributed by atoms with Crippen LogP contribution in [0.4, 0.5) is 0 Å². The summed E-state index contributed by atoms with van der Waals surface area (Å²) in [5, 5.41) is 9.66. The smallest absolute Gasteiger partial charge is 0.259 e. The van der Waals surface area contributed by atoms with Crippen molar-refractivity contribution in [2.45, 2.75) is 40.2 Å². The van der Waals surface area contributed by atoms with E-state index in [4.69, 9.17) is 4.52 Å². The van der Waals surface area contributed by atoms with Gasteiger partial charge in [-0.25, -0.2) is 4.98 Å². The van der Waals surface area contributed by atoms with E-state index in [9.17, 15) is 4.79 Å². The number of rotatable bonds is 4. The van der Waals surface area contributed by atoms with E-state index in [1.54, 1.807) is 11.3 Å². The van der Waals surface area contributed by atoms with Gasteiger partial charge in [0.15, 0.2) is 0 Å². The number of aromatic nitrogens is 2. The van der Waals surface area contributed by atoms with E-state index < -0.39 is 0 Å². The highest BCUT2D eigenvalue weighted by Crippen LogP contribution is 2.25. The second-order valence-corrected chi connectivity index (χ2v) is 6.91. The van der Waals surface area contributed by atoms with E-state index in [1.165, 1.54) is 5.56 Å². The van der Waals surface area contributed by atoms with Crippen molar-refractivity contribution in [2.75, 3.05) is 0 Å². The standard InChI is InChI=1S/C17H19N3O2S/c1-9(2)13-7-12(15-11(4)20-22-17(15)19-13)16(21)18-8-14-10(3)5-6-23-14/h5-7,9H,8H2,1-4H3,(H,18,21). The number of amides is 1. The zero-order valence-electron chi connectivity index (χ0n) is 13.6. The van der Waals surface area contributed by atoms with Crippen LogP contribution >= 0.6 is 11.3 Å². The molecule has 6 heteroatoms. The number of thiophene rings is 1. The maximum Gasteiger partial charge on any atom is 0.259 e. The Labute approximate surface area is 138 Å². The lowest BCUT2D eigenvalue weighted by Gasteiger charge is -2.09. The minimum absolute atomic E-state index is 0.126. The number of carbonyl (C=O) groups excluding carboxylic acids is 1. The van der Waals surface area contributed by atoms with E-state index in [-0.39, 0.29) is 11.8 Å². The molecule has 3 aromatic heterocycles.